The predicted molar refractivity (Wildman–Crippen MR) is 71.4 cm³/mol. The summed E-state index contributed by atoms with van der Waals surface area (Å²) in [5.41, 5.74) is 11.8. The predicted octanol–water partition coefficient (Wildman–Crippen LogP) is 1.35. The molecule has 1 aromatic carbocycles. The van der Waals surface area contributed by atoms with Crippen LogP contribution in [0.1, 0.15) is 24.4 Å². The number of hydrogen-bond acceptors (Lipinski definition) is 6. The molecule has 0 aliphatic carbocycles. The lowest BCUT2D eigenvalue weighted by atomic mass is 10.0. The molecular weight excluding hydrogens is 250 g/mol. The number of nitro benzene ring substituents is 1. The van der Waals surface area contributed by atoms with E-state index in [2.05, 4.69) is 0 Å². The van der Waals surface area contributed by atoms with Gasteiger partial charge in [0.2, 0.25) is 0 Å². The van der Waals surface area contributed by atoms with Gasteiger partial charge in [-0.3, -0.25) is 10.1 Å². The minimum Gasteiger partial charge on any atom is -0.493 e. The Kier molecular flexibility index (Phi) is 5.53. The summed E-state index contributed by atoms with van der Waals surface area (Å²) in [5, 5.41) is 11.1. The van der Waals surface area contributed by atoms with Crippen LogP contribution in [-0.4, -0.2) is 25.7 Å². The maximum Gasteiger partial charge on any atom is 0.278 e. The highest BCUT2D eigenvalue weighted by Gasteiger charge is 2.23. The van der Waals surface area contributed by atoms with Crippen molar-refractivity contribution in [3.63, 3.8) is 0 Å². The third-order valence-corrected chi connectivity index (χ3v) is 2.85. The summed E-state index contributed by atoms with van der Waals surface area (Å²) in [6, 6.07) is 2.43. The zero-order chi connectivity index (χ0) is 14.4. The summed E-state index contributed by atoms with van der Waals surface area (Å²) < 4.78 is 10.2. The van der Waals surface area contributed by atoms with E-state index in [0.717, 1.165) is 0 Å². The van der Waals surface area contributed by atoms with E-state index in [1.807, 2.05) is 0 Å². The van der Waals surface area contributed by atoms with Crippen LogP contribution < -0.4 is 20.9 Å². The summed E-state index contributed by atoms with van der Waals surface area (Å²) >= 11 is 0. The number of methoxy groups -OCH3 is 2. The highest BCUT2D eigenvalue weighted by molar-refractivity contribution is 5.55. The van der Waals surface area contributed by atoms with Crippen molar-refractivity contribution in [1.82, 2.24) is 0 Å². The van der Waals surface area contributed by atoms with Crippen molar-refractivity contribution in [2.75, 3.05) is 20.8 Å². The molecular formula is C12H19N3O4. The lowest BCUT2D eigenvalue weighted by molar-refractivity contribution is -0.385. The Hall–Kier alpha value is -1.86. The molecule has 106 valence electrons. The topological polar surface area (TPSA) is 114 Å². The molecule has 0 bridgehead atoms. The van der Waals surface area contributed by atoms with Gasteiger partial charge in [-0.1, -0.05) is 0 Å². The molecule has 0 aliphatic heterocycles. The van der Waals surface area contributed by atoms with Gasteiger partial charge in [-0.25, -0.2) is 0 Å². The average Bonchev–Trinajstić information content (AvgIpc) is 2.42. The van der Waals surface area contributed by atoms with E-state index < -0.39 is 11.0 Å². The zero-order valence-electron chi connectivity index (χ0n) is 11.1. The number of nitro groups is 1. The second-order valence-electron chi connectivity index (χ2n) is 4.06. The highest BCUT2D eigenvalue weighted by atomic mass is 16.6. The van der Waals surface area contributed by atoms with E-state index in [1.54, 1.807) is 6.07 Å². The van der Waals surface area contributed by atoms with E-state index in [-0.39, 0.29) is 5.69 Å². The molecule has 0 saturated heterocycles. The van der Waals surface area contributed by atoms with Gasteiger partial charge in [-0.2, -0.15) is 0 Å². The number of ether oxygens (including phenoxy) is 2. The van der Waals surface area contributed by atoms with Crippen LogP contribution in [0.4, 0.5) is 5.69 Å². The molecule has 0 amide bonds. The van der Waals surface area contributed by atoms with Crippen molar-refractivity contribution in [3.8, 4) is 11.5 Å². The summed E-state index contributed by atoms with van der Waals surface area (Å²) in [4.78, 5) is 10.6. The molecule has 1 rings (SSSR count). The Morgan fingerprint density at radius 1 is 1.32 bits per heavy atom. The van der Waals surface area contributed by atoms with Crippen molar-refractivity contribution < 1.29 is 14.4 Å². The van der Waals surface area contributed by atoms with E-state index in [1.165, 1.54) is 20.3 Å². The van der Waals surface area contributed by atoms with Crippen molar-refractivity contribution in [2.45, 2.75) is 18.9 Å². The Bertz CT molecular complexity index is 451. The Balaban J connectivity index is 3.23. The molecule has 19 heavy (non-hydrogen) atoms. The van der Waals surface area contributed by atoms with Crippen LogP contribution in [-0.2, 0) is 0 Å². The van der Waals surface area contributed by atoms with Crippen LogP contribution in [0.5, 0.6) is 11.5 Å². The maximum absolute atomic E-state index is 11.1. The lowest BCUT2D eigenvalue weighted by Gasteiger charge is -2.15. The number of hydrogen-bond donors (Lipinski definition) is 2. The minimum absolute atomic E-state index is 0.0674. The quantitative estimate of drug-likeness (QED) is 0.570. The van der Waals surface area contributed by atoms with E-state index in [9.17, 15) is 10.1 Å². The Morgan fingerprint density at radius 2 is 1.89 bits per heavy atom. The number of rotatable bonds is 7. The Morgan fingerprint density at radius 3 is 2.37 bits per heavy atom. The van der Waals surface area contributed by atoms with Gasteiger partial charge >= 0.3 is 0 Å². The summed E-state index contributed by atoms with van der Waals surface area (Å²) in [6.07, 6.45) is 1.28. The smallest absolute Gasteiger partial charge is 0.278 e. The number of nitrogens with two attached hydrogens (primary N) is 2. The average molecular weight is 269 g/mol. The van der Waals surface area contributed by atoms with Gasteiger partial charge < -0.3 is 20.9 Å². The number of benzene rings is 1. The molecule has 0 radical (unpaired) electrons. The first-order chi connectivity index (χ1) is 9.04. The molecule has 0 fully saturated rings. The van der Waals surface area contributed by atoms with Crippen molar-refractivity contribution in [2.24, 2.45) is 11.5 Å². The minimum atomic E-state index is -0.473. The van der Waals surface area contributed by atoms with Gasteiger partial charge in [0.1, 0.15) is 0 Å². The number of nitrogens with zero attached hydrogens (tertiary/aromatic N) is 1. The fourth-order valence-corrected chi connectivity index (χ4v) is 1.83. The monoisotopic (exact) mass is 269 g/mol. The lowest BCUT2D eigenvalue weighted by Crippen LogP contribution is -2.14. The molecule has 7 heteroatoms. The summed E-state index contributed by atoms with van der Waals surface area (Å²) in [5.74, 6) is 0.732. The van der Waals surface area contributed by atoms with E-state index in [0.29, 0.717) is 36.4 Å². The van der Waals surface area contributed by atoms with Crippen LogP contribution in [0.2, 0.25) is 0 Å². The zero-order valence-corrected chi connectivity index (χ0v) is 11.1. The van der Waals surface area contributed by atoms with Crippen LogP contribution in [0.3, 0.4) is 0 Å². The van der Waals surface area contributed by atoms with Gasteiger partial charge in [0, 0.05) is 6.04 Å². The molecule has 0 aliphatic rings. The second kappa shape index (κ2) is 6.91. The van der Waals surface area contributed by atoms with Crippen molar-refractivity contribution in [1.29, 1.82) is 0 Å². The van der Waals surface area contributed by atoms with Crippen molar-refractivity contribution in [3.05, 3.63) is 27.8 Å². The van der Waals surface area contributed by atoms with Gasteiger partial charge in [0.05, 0.1) is 30.8 Å². The third kappa shape index (κ3) is 3.55. The molecule has 4 N–H and O–H groups in total. The standard InChI is InChI=1S/C12H19N3O4/c1-18-11-6-8(9(14)4-3-5-13)10(15(16)17)7-12(11)19-2/h6-7,9H,3-5,13-14H2,1-2H3/t9-/m1/s1. The normalized spacial score (nSPS) is 12.0. The van der Waals surface area contributed by atoms with Gasteiger partial charge in [0.25, 0.3) is 5.69 Å². The van der Waals surface area contributed by atoms with Gasteiger partial charge in [-0.15, -0.1) is 0 Å². The summed E-state index contributed by atoms with van der Waals surface area (Å²) in [7, 11) is 2.90. The first-order valence-corrected chi connectivity index (χ1v) is 5.91. The fraction of sp³-hybridized carbons (Fsp3) is 0.500. The first-order valence-electron chi connectivity index (χ1n) is 5.91. The second-order valence-corrected chi connectivity index (χ2v) is 4.06. The van der Waals surface area contributed by atoms with Crippen LogP contribution >= 0.6 is 0 Å². The van der Waals surface area contributed by atoms with Crippen LogP contribution in [0.15, 0.2) is 12.1 Å². The van der Waals surface area contributed by atoms with Crippen LogP contribution in [0, 0.1) is 10.1 Å². The van der Waals surface area contributed by atoms with Crippen LogP contribution in [0.25, 0.3) is 0 Å². The molecule has 0 saturated carbocycles. The molecule has 0 aromatic heterocycles. The molecule has 1 aromatic rings. The van der Waals surface area contributed by atoms with Crippen molar-refractivity contribution >= 4 is 5.69 Å². The fourth-order valence-electron chi connectivity index (χ4n) is 1.83. The maximum atomic E-state index is 11.1. The SMILES string of the molecule is COc1cc([C@H](N)CCCN)c([N+](=O)[O-])cc1OC. The van der Waals surface area contributed by atoms with Gasteiger partial charge in [-0.05, 0) is 25.5 Å². The molecule has 1 atom stereocenters. The molecule has 0 heterocycles. The molecule has 0 unspecified atom stereocenters. The molecule has 0 spiro atoms. The Labute approximate surface area is 111 Å². The summed E-state index contributed by atoms with van der Waals surface area (Å²) in [6.45, 7) is 0.495. The molecule has 7 nitrogen and oxygen atoms in total. The van der Waals surface area contributed by atoms with E-state index >= 15 is 0 Å². The third-order valence-electron chi connectivity index (χ3n) is 2.85. The van der Waals surface area contributed by atoms with E-state index in [4.69, 9.17) is 20.9 Å². The van der Waals surface area contributed by atoms with Gasteiger partial charge in [0.15, 0.2) is 11.5 Å². The highest BCUT2D eigenvalue weighted by Crippen LogP contribution is 2.37. The largest absolute Gasteiger partial charge is 0.493 e. The first kappa shape index (κ1) is 15.2.